The number of fused-ring (bicyclic) bond motifs is 1. The van der Waals surface area contributed by atoms with E-state index >= 15 is 0 Å². The van der Waals surface area contributed by atoms with Crippen LogP contribution in [0.15, 0.2) is 59.6 Å². The van der Waals surface area contributed by atoms with Crippen LogP contribution in [0.4, 0.5) is 4.39 Å². The third kappa shape index (κ3) is 3.03. The number of nitrogens with zero attached hydrogens (tertiary/aromatic N) is 4. The van der Waals surface area contributed by atoms with Gasteiger partial charge in [0.15, 0.2) is 0 Å². The number of halogens is 1. The predicted molar refractivity (Wildman–Crippen MR) is 87.4 cm³/mol. The molecule has 124 valence electrons. The lowest BCUT2D eigenvalue weighted by Crippen LogP contribution is -2.12. The van der Waals surface area contributed by atoms with E-state index < -0.39 is 11.9 Å². The van der Waals surface area contributed by atoms with E-state index in [0.717, 1.165) is 22.7 Å². The number of rotatable bonds is 4. The fourth-order valence-corrected chi connectivity index (χ4v) is 2.62. The van der Waals surface area contributed by atoms with Crippen LogP contribution in [0.5, 0.6) is 5.75 Å². The maximum atomic E-state index is 13.2. The first kappa shape index (κ1) is 15.2. The van der Waals surface area contributed by atoms with Crippen molar-refractivity contribution in [1.29, 1.82) is 0 Å². The van der Waals surface area contributed by atoms with Crippen molar-refractivity contribution in [2.24, 2.45) is 0 Å². The molecule has 0 aliphatic carbocycles. The minimum absolute atomic E-state index is 0.239. The number of hydrogen-bond acceptors (Lipinski definition) is 6. The molecule has 0 bridgehead atoms. The van der Waals surface area contributed by atoms with Crippen LogP contribution in [0, 0.1) is 12.7 Å². The van der Waals surface area contributed by atoms with Gasteiger partial charge in [0.2, 0.25) is 12.5 Å². The van der Waals surface area contributed by atoms with Gasteiger partial charge in [-0.1, -0.05) is 6.07 Å². The smallest absolute Gasteiger partial charge is 0.263 e. The van der Waals surface area contributed by atoms with E-state index in [2.05, 4.69) is 20.2 Å². The Hall–Kier alpha value is -3.35. The number of ether oxygens (including phenoxy) is 1. The second-order valence-corrected chi connectivity index (χ2v) is 5.49. The molecule has 0 amide bonds. The van der Waals surface area contributed by atoms with Gasteiger partial charge in [0.1, 0.15) is 11.6 Å². The van der Waals surface area contributed by atoms with E-state index in [4.69, 9.17) is 9.15 Å². The summed E-state index contributed by atoms with van der Waals surface area (Å²) in [5, 5.41) is 8.55. The number of hydrogen-bond donors (Lipinski definition) is 0. The molecule has 0 N–H and O–H groups in total. The minimum atomic E-state index is -0.739. The summed E-state index contributed by atoms with van der Waals surface area (Å²) in [7, 11) is 0. The Kier molecular flexibility index (Phi) is 3.81. The van der Waals surface area contributed by atoms with Gasteiger partial charge in [-0.05, 0) is 42.8 Å². The Bertz CT molecular complexity index is 1000. The van der Waals surface area contributed by atoms with Gasteiger partial charge in [-0.15, -0.1) is 10.2 Å². The quantitative estimate of drug-likeness (QED) is 0.566. The summed E-state index contributed by atoms with van der Waals surface area (Å²) in [6, 6.07) is 10.4. The fourth-order valence-electron chi connectivity index (χ4n) is 2.62. The highest BCUT2D eigenvalue weighted by atomic mass is 19.1. The van der Waals surface area contributed by atoms with Gasteiger partial charge >= 0.3 is 0 Å². The molecule has 0 fully saturated rings. The summed E-state index contributed by atoms with van der Waals surface area (Å²) >= 11 is 0. The zero-order valence-corrected chi connectivity index (χ0v) is 13.3. The Labute approximate surface area is 142 Å². The molecule has 0 saturated carbocycles. The van der Waals surface area contributed by atoms with Crippen LogP contribution in [-0.4, -0.2) is 20.2 Å². The molecule has 4 aromatic rings. The van der Waals surface area contributed by atoms with Crippen LogP contribution in [0.1, 0.15) is 23.3 Å². The second kappa shape index (κ2) is 6.27. The number of benzene rings is 1. The molecule has 3 aromatic heterocycles. The summed E-state index contributed by atoms with van der Waals surface area (Å²) in [6.45, 7) is 1.96. The average molecular weight is 336 g/mol. The van der Waals surface area contributed by atoms with Gasteiger partial charge in [-0.3, -0.25) is 9.97 Å². The number of aromatic nitrogens is 4. The Balaban J connectivity index is 1.75. The summed E-state index contributed by atoms with van der Waals surface area (Å²) in [5.74, 6) is 0.413. The second-order valence-electron chi connectivity index (χ2n) is 5.49. The van der Waals surface area contributed by atoms with Crippen molar-refractivity contribution in [2.75, 3.05) is 0 Å². The first-order valence-electron chi connectivity index (χ1n) is 7.60. The molecule has 1 aromatic carbocycles. The summed E-state index contributed by atoms with van der Waals surface area (Å²) in [6.07, 6.45) is 3.35. The predicted octanol–water partition coefficient (Wildman–Crippen LogP) is 3.63. The van der Waals surface area contributed by atoms with Crippen molar-refractivity contribution in [3.8, 4) is 5.75 Å². The van der Waals surface area contributed by atoms with Gasteiger partial charge in [0.05, 0.1) is 17.4 Å². The Morgan fingerprint density at radius 1 is 1.16 bits per heavy atom. The van der Waals surface area contributed by atoms with Gasteiger partial charge in [0, 0.05) is 11.6 Å². The third-order valence-corrected chi connectivity index (χ3v) is 3.74. The molecule has 4 rings (SSSR count). The molecule has 25 heavy (non-hydrogen) atoms. The lowest BCUT2D eigenvalue weighted by atomic mass is 10.1. The monoisotopic (exact) mass is 336 g/mol. The lowest BCUT2D eigenvalue weighted by Gasteiger charge is -2.16. The SMILES string of the molecule is Cc1cc(OC(c2ccc(F)cn2)c2nnco2)cc2cccnc12. The van der Waals surface area contributed by atoms with Crippen LogP contribution in [-0.2, 0) is 0 Å². The van der Waals surface area contributed by atoms with Crippen molar-refractivity contribution >= 4 is 10.9 Å². The van der Waals surface area contributed by atoms with Crippen molar-refractivity contribution in [3.05, 3.63) is 78.2 Å². The van der Waals surface area contributed by atoms with E-state index in [1.165, 1.54) is 18.5 Å². The summed E-state index contributed by atoms with van der Waals surface area (Å²) < 4.78 is 24.5. The maximum Gasteiger partial charge on any atom is 0.263 e. The molecule has 7 heteroatoms. The summed E-state index contributed by atoms with van der Waals surface area (Å²) in [5.41, 5.74) is 2.35. The molecule has 3 heterocycles. The normalized spacial score (nSPS) is 12.2. The van der Waals surface area contributed by atoms with Gasteiger partial charge in [-0.2, -0.15) is 0 Å². The van der Waals surface area contributed by atoms with Gasteiger partial charge in [0.25, 0.3) is 5.89 Å². The molecular weight excluding hydrogens is 323 g/mol. The van der Waals surface area contributed by atoms with Crippen LogP contribution in [0.3, 0.4) is 0 Å². The van der Waals surface area contributed by atoms with Crippen LogP contribution < -0.4 is 4.74 Å². The van der Waals surface area contributed by atoms with Gasteiger partial charge < -0.3 is 9.15 Å². The van der Waals surface area contributed by atoms with Crippen LogP contribution in [0.25, 0.3) is 10.9 Å². The van der Waals surface area contributed by atoms with Crippen molar-refractivity contribution in [2.45, 2.75) is 13.0 Å². The van der Waals surface area contributed by atoms with E-state index in [9.17, 15) is 4.39 Å². The lowest BCUT2D eigenvalue weighted by molar-refractivity contribution is 0.203. The van der Waals surface area contributed by atoms with Gasteiger partial charge in [-0.25, -0.2) is 4.39 Å². The van der Waals surface area contributed by atoms with Crippen molar-refractivity contribution in [3.63, 3.8) is 0 Å². The van der Waals surface area contributed by atoms with E-state index in [1.54, 1.807) is 6.20 Å². The molecule has 1 atom stereocenters. The van der Waals surface area contributed by atoms with Crippen LogP contribution in [0.2, 0.25) is 0 Å². The summed E-state index contributed by atoms with van der Waals surface area (Å²) in [4.78, 5) is 8.44. The first-order chi connectivity index (χ1) is 12.2. The number of pyridine rings is 2. The van der Waals surface area contributed by atoms with Crippen LogP contribution >= 0.6 is 0 Å². The van der Waals surface area contributed by atoms with Crippen molar-refractivity contribution in [1.82, 2.24) is 20.2 Å². The molecule has 1 unspecified atom stereocenters. The molecule has 0 spiro atoms. The fraction of sp³-hybridized carbons (Fsp3) is 0.111. The van der Waals surface area contributed by atoms with E-state index in [0.29, 0.717) is 11.4 Å². The average Bonchev–Trinajstić information content (AvgIpc) is 3.15. The minimum Gasteiger partial charge on any atom is -0.474 e. The highest BCUT2D eigenvalue weighted by Gasteiger charge is 2.23. The molecule has 0 aliphatic rings. The van der Waals surface area contributed by atoms with Crippen molar-refractivity contribution < 1.29 is 13.5 Å². The standard InChI is InChI=1S/C18H13FN4O2/c1-11-7-14(8-12-3-2-6-20-16(11)12)25-17(18-23-22-10-24-18)15-5-4-13(19)9-21-15/h2-10,17H,1H3. The molecule has 0 aliphatic heterocycles. The molecule has 0 saturated heterocycles. The largest absolute Gasteiger partial charge is 0.474 e. The first-order valence-corrected chi connectivity index (χ1v) is 7.60. The zero-order valence-electron chi connectivity index (χ0n) is 13.3. The third-order valence-electron chi connectivity index (χ3n) is 3.74. The molecule has 0 radical (unpaired) electrons. The molecular formula is C18H13FN4O2. The maximum absolute atomic E-state index is 13.2. The topological polar surface area (TPSA) is 73.9 Å². The molecule has 6 nitrogen and oxygen atoms in total. The highest BCUT2D eigenvalue weighted by Crippen LogP contribution is 2.29. The Morgan fingerprint density at radius 2 is 2.08 bits per heavy atom. The number of aryl methyl sites for hydroxylation is 1. The highest BCUT2D eigenvalue weighted by molar-refractivity contribution is 5.83. The van der Waals surface area contributed by atoms with E-state index in [-0.39, 0.29) is 5.89 Å². The van der Waals surface area contributed by atoms with E-state index in [1.807, 2.05) is 31.2 Å². The Morgan fingerprint density at radius 3 is 2.84 bits per heavy atom. The zero-order chi connectivity index (χ0) is 17.2.